The van der Waals surface area contributed by atoms with E-state index in [0.29, 0.717) is 44.0 Å². The lowest BCUT2D eigenvalue weighted by Gasteiger charge is -2.34. The molecule has 144 valence electrons. The average molecular weight is 392 g/mol. The van der Waals surface area contributed by atoms with Gasteiger partial charge in [-0.05, 0) is 12.1 Å². The van der Waals surface area contributed by atoms with Gasteiger partial charge in [0, 0.05) is 56.9 Å². The van der Waals surface area contributed by atoms with Crippen molar-refractivity contribution >= 4 is 24.2 Å². The minimum atomic E-state index is -0.212. The van der Waals surface area contributed by atoms with Gasteiger partial charge in [0.25, 0.3) is 11.8 Å². The molecule has 4 rings (SSSR count). The van der Waals surface area contributed by atoms with Crippen molar-refractivity contribution < 1.29 is 14.7 Å². The molecule has 0 aliphatic carbocycles. The molecule has 0 saturated carbocycles. The monoisotopic (exact) mass is 391 g/mol. The maximum atomic E-state index is 12.8. The van der Waals surface area contributed by atoms with E-state index in [1.165, 1.54) is 6.07 Å². The first kappa shape index (κ1) is 19.2. The van der Waals surface area contributed by atoms with Gasteiger partial charge >= 0.3 is 0 Å². The Bertz CT molecular complexity index is 845. The highest BCUT2D eigenvalue weighted by Gasteiger charge is 2.30. The number of carbonyl (C=O) groups is 2. The van der Waals surface area contributed by atoms with Crippen LogP contribution in [0.1, 0.15) is 32.1 Å². The molecule has 27 heavy (non-hydrogen) atoms. The molecule has 1 fully saturated rings. The van der Waals surface area contributed by atoms with Crippen LogP contribution in [0.5, 0.6) is 5.75 Å². The van der Waals surface area contributed by atoms with Crippen LogP contribution in [0.15, 0.2) is 24.3 Å². The minimum absolute atomic E-state index is 0. The van der Waals surface area contributed by atoms with Crippen LogP contribution in [-0.2, 0) is 13.0 Å². The third-order valence-electron chi connectivity index (χ3n) is 5.00. The van der Waals surface area contributed by atoms with Gasteiger partial charge in [0.15, 0.2) is 5.69 Å². The summed E-state index contributed by atoms with van der Waals surface area (Å²) in [6.07, 6.45) is 0.846. The molecule has 3 N–H and O–H groups in total. The lowest BCUT2D eigenvalue weighted by Crippen LogP contribution is -2.50. The van der Waals surface area contributed by atoms with Crippen LogP contribution in [0.2, 0.25) is 0 Å². The number of benzene rings is 1. The molecule has 1 aromatic carbocycles. The summed E-state index contributed by atoms with van der Waals surface area (Å²) < 4.78 is 0. The first-order valence-corrected chi connectivity index (χ1v) is 8.78. The number of H-pyrrole nitrogens is 1. The highest BCUT2D eigenvalue weighted by molar-refractivity contribution is 5.97. The van der Waals surface area contributed by atoms with Crippen molar-refractivity contribution in [1.29, 1.82) is 0 Å². The molecule has 0 atom stereocenters. The SMILES string of the molecule is Cl.O=C(c1ccccc1O)N1CCN(C(=O)c2n[nH]c3c2CNCC3)CC1. The van der Waals surface area contributed by atoms with E-state index in [1.807, 2.05) is 0 Å². The number of fused-ring (bicyclic) bond motifs is 1. The Morgan fingerprint density at radius 1 is 1.04 bits per heavy atom. The van der Waals surface area contributed by atoms with E-state index < -0.39 is 0 Å². The summed E-state index contributed by atoms with van der Waals surface area (Å²) in [5.74, 6) is -0.330. The van der Waals surface area contributed by atoms with Crippen LogP contribution >= 0.6 is 12.4 Å². The number of amides is 2. The zero-order chi connectivity index (χ0) is 18.1. The van der Waals surface area contributed by atoms with E-state index >= 15 is 0 Å². The molecule has 2 aliphatic rings. The largest absolute Gasteiger partial charge is 0.507 e. The van der Waals surface area contributed by atoms with Crippen LogP contribution in [0, 0.1) is 0 Å². The van der Waals surface area contributed by atoms with E-state index in [1.54, 1.807) is 28.0 Å². The van der Waals surface area contributed by atoms with E-state index in [0.717, 1.165) is 24.2 Å². The number of aromatic amines is 1. The number of piperazine rings is 1. The van der Waals surface area contributed by atoms with Gasteiger partial charge in [0.05, 0.1) is 5.56 Å². The second-order valence-corrected chi connectivity index (χ2v) is 6.56. The van der Waals surface area contributed by atoms with Crippen molar-refractivity contribution in [3.63, 3.8) is 0 Å². The zero-order valence-electron chi connectivity index (χ0n) is 14.8. The van der Waals surface area contributed by atoms with Crippen LogP contribution in [0.25, 0.3) is 0 Å². The third-order valence-corrected chi connectivity index (χ3v) is 5.00. The Morgan fingerprint density at radius 3 is 2.41 bits per heavy atom. The van der Waals surface area contributed by atoms with Gasteiger partial charge in [-0.1, -0.05) is 12.1 Å². The van der Waals surface area contributed by atoms with Crippen molar-refractivity contribution in [3.05, 3.63) is 46.8 Å². The molecular formula is C18H22ClN5O3. The Morgan fingerprint density at radius 2 is 1.70 bits per heavy atom. The fourth-order valence-corrected chi connectivity index (χ4v) is 3.49. The van der Waals surface area contributed by atoms with Crippen molar-refractivity contribution in [2.45, 2.75) is 13.0 Å². The van der Waals surface area contributed by atoms with Gasteiger partial charge in [-0.2, -0.15) is 5.10 Å². The van der Waals surface area contributed by atoms with Gasteiger partial charge in [0.2, 0.25) is 0 Å². The number of phenols is 1. The number of carbonyl (C=O) groups excluding carboxylic acids is 2. The topological polar surface area (TPSA) is 102 Å². The van der Waals surface area contributed by atoms with Gasteiger partial charge in [-0.3, -0.25) is 14.7 Å². The van der Waals surface area contributed by atoms with Gasteiger partial charge < -0.3 is 20.2 Å². The number of nitrogens with one attached hydrogen (secondary N) is 2. The van der Waals surface area contributed by atoms with Crippen LogP contribution < -0.4 is 5.32 Å². The second-order valence-electron chi connectivity index (χ2n) is 6.56. The Labute approximate surface area is 162 Å². The maximum Gasteiger partial charge on any atom is 0.274 e. The van der Waals surface area contributed by atoms with Crippen molar-refractivity contribution in [3.8, 4) is 5.75 Å². The van der Waals surface area contributed by atoms with Gasteiger partial charge in [-0.15, -0.1) is 12.4 Å². The van der Waals surface area contributed by atoms with Crippen molar-refractivity contribution in [2.24, 2.45) is 0 Å². The molecule has 2 amide bonds. The van der Waals surface area contributed by atoms with Gasteiger partial charge in [0.1, 0.15) is 5.75 Å². The molecule has 0 radical (unpaired) electrons. The van der Waals surface area contributed by atoms with Crippen molar-refractivity contribution in [1.82, 2.24) is 25.3 Å². The van der Waals surface area contributed by atoms with Crippen LogP contribution in [0.3, 0.4) is 0 Å². The lowest BCUT2D eigenvalue weighted by molar-refractivity contribution is 0.0529. The number of para-hydroxylation sites is 1. The number of aromatic nitrogens is 2. The van der Waals surface area contributed by atoms with Crippen LogP contribution in [-0.4, -0.2) is 69.6 Å². The molecule has 0 bridgehead atoms. The highest BCUT2D eigenvalue weighted by Crippen LogP contribution is 2.20. The average Bonchev–Trinajstić information content (AvgIpc) is 3.11. The summed E-state index contributed by atoms with van der Waals surface area (Å²) in [5.41, 5.74) is 2.75. The predicted molar refractivity (Wildman–Crippen MR) is 101 cm³/mol. The standard InChI is InChI=1S/C18H21N5O3.ClH/c24-15-4-2-1-3-12(15)17(25)22-7-9-23(10-8-22)18(26)16-13-11-19-6-5-14(13)20-21-16;/h1-4,19,24H,5-11H2,(H,20,21);1H. The van der Waals surface area contributed by atoms with Crippen LogP contribution in [0.4, 0.5) is 0 Å². The maximum absolute atomic E-state index is 12.8. The number of halogens is 1. The summed E-state index contributed by atoms with van der Waals surface area (Å²) in [6.45, 7) is 3.31. The zero-order valence-corrected chi connectivity index (χ0v) is 15.6. The third kappa shape index (κ3) is 3.63. The molecule has 2 aromatic rings. The quantitative estimate of drug-likeness (QED) is 0.702. The highest BCUT2D eigenvalue weighted by atomic mass is 35.5. The summed E-state index contributed by atoms with van der Waals surface area (Å²) in [7, 11) is 0. The van der Waals surface area contributed by atoms with Gasteiger partial charge in [-0.25, -0.2) is 0 Å². The number of hydrogen-bond donors (Lipinski definition) is 3. The Balaban J connectivity index is 0.00000210. The number of hydrogen-bond acceptors (Lipinski definition) is 5. The smallest absolute Gasteiger partial charge is 0.274 e. The number of aromatic hydroxyl groups is 1. The molecule has 9 heteroatoms. The Kier molecular flexibility index (Phi) is 5.67. The summed E-state index contributed by atoms with van der Waals surface area (Å²) >= 11 is 0. The summed E-state index contributed by atoms with van der Waals surface area (Å²) in [5, 5.41) is 20.3. The minimum Gasteiger partial charge on any atom is -0.507 e. The van der Waals surface area contributed by atoms with E-state index in [9.17, 15) is 14.7 Å². The number of phenolic OH excluding ortho intramolecular Hbond substituents is 1. The first-order valence-electron chi connectivity index (χ1n) is 8.78. The fraction of sp³-hybridized carbons (Fsp3) is 0.389. The van der Waals surface area contributed by atoms with E-state index in [2.05, 4.69) is 15.5 Å². The van der Waals surface area contributed by atoms with E-state index in [4.69, 9.17) is 0 Å². The normalized spacial score (nSPS) is 16.4. The molecular weight excluding hydrogens is 370 g/mol. The number of rotatable bonds is 2. The second kappa shape index (κ2) is 7.98. The lowest BCUT2D eigenvalue weighted by atomic mass is 10.1. The molecule has 0 unspecified atom stereocenters. The number of nitrogens with zero attached hydrogens (tertiary/aromatic N) is 3. The Hall–Kier alpha value is -2.58. The molecule has 2 aliphatic heterocycles. The molecule has 0 spiro atoms. The summed E-state index contributed by atoms with van der Waals surface area (Å²) in [6, 6.07) is 6.52. The molecule has 3 heterocycles. The van der Waals surface area contributed by atoms with E-state index in [-0.39, 0.29) is 30.0 Å². The molecule has 8 nitrogen and oxygen atoms in total. The molecule has 1 aromatic heterocycles. The molecule has 1 saturated heterocycles. The predicted octanol–water partition coefficient (Wildman–Crippen LogP) is 0.781. The van der Waals surface area contributed by atoms with Crippen molar-refractivity contribution in [2.75, 3.05) is 32.7 Å². The summed E-state index contributed by atoms with van der Waals surface area (Å²) in [4.78, 5) is 28.8. The fourth-order valence-electron chi connectivity index (χ4n) is 3.49. The first-order chi connectivity index (χ1) is 12.6.